The van der Waals surface area contributed by atoms with Crippen LogP contribution in [-0.2, 0) is 11.8 Å². The lowest BCUT2D eigenvalue weighted by Gasteiger charge is -2.14. The molecule has 1 rings (SSSR count). The van der Waals surface area contributed by atoms with E-state index in [0.29, 0.717) is 6.42 Å². The Morgan fingerprint density at radius 3 is 3.00 bits per heavy atom. The van der Waals surface area contributed by atoms with Crippen molar-refractivity contribution in [2.75, 3.05) is 12.3 Å². The van der Waals surface area contributed by atoms with E-state index < -0.39 is 0 Å². The summed E-state index contributed by atoms with van der Waals surface area (Å²) in [5.41, 5.74) is 5.32. The van der Waals surface area contributed by atoms with Crippen molar-refractivity contribution in [1.29, 1.82) is 0 Å². The van der Waals surface area contributed by atoms with E-state index in [1.54, 1.807) is 18.1 Å². The first-order valence-corrected chi connectivity index (χ1v) is 6.63. The highest BCUT2D eigenvalue weighted by Gasteiger charge is 2.14. The minimum Gasteiger partial charge on any atom is -0.368 e. The molecule has 0 saturated heterocycles. The van der Waals surface area contributed by atoms with Crippen LogP contribution in [0.5, 0.6) is 0 Å². The lowest BCUT2D eigenvalue weighted by Crippen LogP contribution is -2.41. The van der Waals surface area contributed by atoms with Gasteiger partial charge in [-0.25, -0.2) is 0 Å². The normalized spacial score (nSPS) is 12.6. The lowest BCUT2D eigenvalue weighted by molar-refractivity contribution is -0.120. The van der Waals surface area contributed by atoms with Crippen LogP contribution in [0.3, 0.4) is 0 Å². The molecule has 0 bridgehead atoms. The fourth-order valence-electron chi connectivity index (χ4n) is 1.33. The van der Waals surface area contributed by atoms with Gasteiger partial charge in [0.25, 0.3) is 0 Å². The fourth-order valence-corrected chi connectivity index (χ4v) is 2.23. The number of carbonyl (C=O) groups is 1. The van der Waals surface area contributed by atoms with Crippen LogP contribution in [0.25, 0.3) is 0 Å². The van der Waals surface area contributed by atoms with E-state index in [0.717, 1.165) is 23.9 Å². The molecule has 6 nitrogen and oxygen atoms in total. The van der Waals surface area contributed by atoms with Crippen LogP contribution in [0.2, 0.25) is 0 Å². The second-order valence-corrected chi connectivity index (χ2v) is 4.83. The Labute approximate surface area is 105 Å². The van der Waals surface area contributed by atoms with Crippen molar-refractivity contribution in [3.05, 3.63) is 6.33 Å². The molecule has 0 aliphatic carbocycles. The Hall–Kier alpha value is -1.08. The molecule has 0 spiro atoms. The molecule has 0 saturated carbocycles. The minimum absolute atomic E-state index is 0.254. The van der Waals surface area contributed by atoms with Gasteiger partial charge in [0.2, 0.25) is 5.91 Å². The lowest BCUT2D eigenvalue weighted by atomic mass is 10.2. The molecule has 1 aromatic heterocycles. The van der Waals surface area contributed by atoms with Crippen LogP contribution in [0, 0.1) is 0 Å². The van der Waals surface area contributed by atoms with Crippen LogP contribution in [-0.4, -0.2) is 39.0 Å². The summed E-state index contributed by atoms with van der Waals surface area (Å²) in [7, 11) is 1.89. The average Bonchev–Trinajstić information content (AvgIpc) is 2.69. The molecular weight excluding hydrogens is 238 g/mol. The summed E-state index contributed by atoms with van der Waals surface area (Å²) in [6, 6.07) is -0.254. The third kappa shape index (κ3) is 4.74. The summed E-state index contributed by atoms with van der Waals surface area (Å²) in [4.78, 5) is 11.2. The molecule has 96 valence electrons. The first kappa shape index (κ1) is 14.0. The summed E-state index contributed by atoms with van der Waals surface area (Å²) in [6.07, 6.45) is 3.34. The van der Waals surface area contributed by atoms with Gasteiger partial charge >= 0.3 is 0 Å². The van der Waals surface area contributed by atoms with Crippen LogP contribution < -0.4 is 11.1 Å². The van der Waals surface area contributed by atoms with E-state index in [4.69, 9.17) is 5.73 Å². The molecule has 1 unspecified atom stereocenters. The molecule has 1 aromatic rings. The number of aryl methyl sites for hydroxylation is 1. The summed E-state index contributed by atoms with van der Waals surface area (Å²) in [6.45, 7) is 2.86. The number of thioether (sulfide) groups is 1. The number of rotatable bonds is 8. The molecule has 17 heavy (non-hydrogen) atoms. The molecular formula is C10H19N5OS. The van der Waals surface area contributed by atoms with Gasteiger partial charge in [-0.15, -0.1) is 10.2 Å². The first-order valence-electron chi connectivity index (χ1n) is 5.64. The topological polar surface area (TPSA) is 85.8 Å². The van der Waals surface area contributed by atoms with E-state index in [9.17, 15) is 4.79 Å². The Bertz CT molecular complexity index is 354. The number of nitrogens with one attached hydrogen (secondary N) is 1. The van der Waals surface area contributed by atoms with Crippen LogP contribution >= 0.6 is 11.8 Å². The van der Waals surface area contributed by atoms with E-state index >= 15 is 0 Å². The summed E-state index contributed by atoms with van der Waals surface area (Å²) >= 11 is 1.57. The zero-order chi connectivity index (χ0) is 12.7. The highest BCUT2D eigenvalue weighted by Crippen LogP contribution is 2.15. The zero-order valence-corrected chi connectivity index (χ0v) is 11.0. The highest BCUT2D eigenvalue weighted by molar-refractivity contribution is 7.99. The van der Waals surface area contributed by atoms with Gasteiger partial charge < -0.3 is 15.6 Å². The van der Waals surface area contributed by atoms with Gasteiger partial charge in [0.15, 0.2) is 5.16 Å². The van der Waals surface area contributed by atoms with Gasteiger partial charge in [-0.2, -0.15) is 0 Å². The molecule has 0 aliphatic heterocycles. The smallest absolute Gasteiger partial charge is 0.234 e. The minimum atomic E-state index is -0.294. The quantitative estimate of drug-likeness (QED) is 0.648. The molecule has 0 radical (unpaired) electrons. The Morgan fingerprint density at radius 1 is 1.71 bits per heavy atom. The maximum Gasteiger partial charge on any atom is 0.234 e. The maximum atomic E-state index is 11.2. The maximum absolute atomic E-state index is 11.2. The monoisotopic (exact) mass is 257 g/mol. The summed E-state index contributed by atoms with van der Waals surface area (Å²) < 4.78 is 1.85. The van der Waals surface area contributed by atoms with Crippen LogP contribution in [0.1, 0.15) is 19.8 Å². The second-order valence-electron chi connectivity index (χ2n) is 3.77. The standard InChI is InChI=1S/C10H19N5OS/c1-3-5-12-8(9(11)16)4-6-17-10-14-13-7-15(10)2/h7-8,12H,3-6H2,1-2H3,(H2,11,16). The van der Waals surface area contributed by atoms with Crippen molar-refractivity contribution in [3.8, 4) is 0 Å². The van der Waals surface area contributed by atoms with E-state index in [1.807, 2.05) is 11.6 Å². The SMILES string of the molecule is CCCNC(CCSc1nncn1C)C(N)=O. The van der Waals surface area contributed by atoms with Gasteiger partial charge in [-0.05, 0) is 19.4 Å². The molecule has 7 heteroatoms. The number of hydrogen-bond acceptors (Lipinski definition) is 5. The predicted molar refractivity (Wildman–Crippen MR) is 67.6 cm³/mol. The molecule has 1 atom stereocenters. The number of carbonyl (C=O) groups excluding carboxylic acids is 1. The molecule has 0 aromatic carbocycles. The average molecular weight is 257 g/mol. The Kier molecular flexibility index (Phi) is 5.99. The molecule has 1 heterocycles. The highest BCUT2D eigenvalue weighted by atomic mass is 32.2. The number of hydrogen-bond donors (Lipinski definition) is 2. The largest absolute Gasteiger partial charge is 0.368 e. The first-order chi connectivity index (χ1) is 8.15. The van der Waals surface area contributed by atoms with E-state index in [1.165, 1.54) is 0 Å². The Balaban J connectivity index is 2.32. The third-order valence-corrected chi connectivity index (χ3v) is 3.36. The zero-order valence-electron chi connectivity index (χ0n) is 10.2. The number of nitrogens with two attached hydrogens (primary N) is 1. The molecule has 0 fully saturated rings. The van der Waals surface area contributed by atoms with Crippen LogP contribution in [0.15, 0.2) is 11.5 Å². The van der Waals surface area contributed by atoms with E-state index in [-0.39, 0.29) is 11.9 Å². The van der Waals surface area contributed by atoms with Crippen molar-refractivity contribution >= 4 is 17.7 Å². The van der Waals surface area contributed by atoms with Crippen molar-refractivity contribution < 1.29 is 4.79 Å². The number of primary amides is 1. The number of nitrogens with zero attached hydrogens (tertiary/aromatic N) is 3. The van der Waals surface area contributed by atoms with Crippen molar-refractivity contribution in [3.63, 3.8) is 0 Å². The molecule has 0 aliphatic rings. The van der Waals surface area contributed by atoms with Crippen molar-refractivity contribution in [2.24, 2.45) is 12.8 Å². The third-order valence-electron chi connectivity index (χ3n) is 2.29. The van der Waals surface area contributed by atoms with Crippen LogP contribution in [0.4, 0.5) is 0 Å². The predicted octanol–water partition coefficient (Wildman–Crippen LogP) is 0.151. The van der Waals surface area contributed by atoms with Crippen molar-refractivity contribution in [2.45, 2.75) is 31.0 Å². The number of aromatic nitrogens is 3. The Morgan fingerprint density at radius 2 is 2.47 bits per heavy atom. The van der Waals surface area contributed by atoms with Gasteiger partial charge in [-0.3, -0.25) is 4.79 Å². The summed E-state index contributed by atoms with van der Waals surface area (Å²) in [5, 5.41) is 11.7. The van der Waals surface area contributed by atoms with Gasteiger partial charge in [0, 0.05) is 12.8 Å². The van der Waals surface area contributed by atoms with Gasteiger partial charge in [-0.1, -0.05) is 18.7 Å². The van der Waals surface area contributed by atoms with E-state index in [2.05, 4.69) is 22.4 Å². The molecule has 1 amide bonds. The molecule has 3 N–H and O–H groups in total. The number of amides is 1. The van der Waals surface area contributed by atoms with Crippen molar-refractivity contribution in [1.82, 2.24) is 20.1 Å². The second kappa shape index (κ2) is 7.29. The fraction of sp³-hybridized carbons (Fsp3) is 0.700. The van der Waals surface area contributed by atoms with Gasteiger partial charge in [0.05, 0.1) is 6.04 Å². The van der Waals surface area contributed by atoms with Gasteiger partial charge in [0.1, 0.15) is 6.33 Å². The summed E-state index contributed by atoms with van der Waals surface area (Å²) in [5.74, 6) is 0.494.